The number of sulfone groups is 1. The predicted octanol–water partition coefficient (Wildman–Crippen LogP) is 3.91. The maximum absolute atomic E-state index is 12.6. The molecule has 0 spiro atoms. The molecule has 0 radical (unpaired) electrons. The molecule has 35 heavy (non-hydrogen) atoms. The molecular formula is C25H30N2O6S2. The van der Waals surface area contributed by atoms with Crippen molar-refractivity contribution in [2.45, 2.75) is 45.1 Å². The molecule has 3 aromatic rings. The molecule has 8 nitrogen and oxygen atoms in total. The standard InChI is InChI=1S/C25H30N2O6S2/c1-4-32-15-14-27-21-13-10-19(24(29)33-5-2)17-22(21)34-25(27)26-23(28)7-6-16-35(30,31)20-11-8-18(3)9-12-20/h8-13,17H,4-7,14-16H2,1-3H3. The van der Waals surface area contributed by atoms with Gasteiger partial charge in [-0.15, -0.1) is 0 Å². The fraction of sp³-hybridized carbons (Fsp3) is 0.400. The minimum atomic E-state index is -3.46. The molecule has 0 atom stereocenters. The lowest BCUT2D eigenvalue weighted by Gasteiger charge is -2.06. The van der Waals surface area contributed by atoms with Crippen LogP contribution in [-0.4, -0.2) is 50.4 Å². The molecule has 0 aliphatic heterocycles. The fourth-order valence-corrected chi connectivity index (χ4v) is 5.88. The second kappa shape index (κ2) is 12.2. The molecule has 0 bridgehead atoms. The quantitative estimate of drug-likeness (QED) is 0.282. The number of esters is 1. The molecule has 0 aliphatic carbocycles. The van der Waals surface area contributed by atoms with Crippen molar-refractivity contribution in [3.63, 3.8) is 0 Å². The Labute approximate surface area is 209 Å². The van der Waals surface area contributed by atoms with Gasteiger partial charge in [0.25, 0.3) is 0 Å². The number of rotatable bonds is 11. The Bertz CT molecular complexity index is 1350. The highest BCUT2D eigenvalue weighted by Gasteiger charge is 2.16. The molecule has 188 valence electrons. The van der Waals surface area contributed by atoms with Crippen molar-refractivity contribution in [1.82, 2.24) is 4.57 Å². The van der Waals surface area contributed by atoms with Gasteiger partial charge in [0.05, 0.1) is 39.6 Å². The van der Waals surface area contributed by atoms with Crippen LogP contribution in [0.25, 0.3) is 10.2 Å². The van der Waals surface area contributed by atoms with E-state index in [1.54, 1.807) is 43.3 Å². The van der Waals surface area contributed by atoms with E-state index in [4.69, 9.17) is 9.47 Å². The Hall–Kier alpha value is -2.82. The molecule has 1 heterocycles. The maximum Gasteiger partial charge on any atom is 0.338 e. The van der Waals surface area contributed by atoms with Gasteiger partial charge < -0.3 is 14.0 Å². The highest BCUT2D eigenvalue weighted by molar-refractivity contribution is 7.91. The topological polar surface area (TPSA) is 104 Å². The number of nitrogens with zero attached hydrogens (tertiary/aromatic N) is 2. The first-order chi connectivity index (χ1) is 16.7. The molecule has 0 saturated carbocycles. The van der Waals surface area contributed by atoms with E-state index in [2.05, 4.69) is 4.99 Å². The summed E-state index contributed by atoms with van der Waals surface area (Å²) < 4.78 is 38.3. The summed E-state index contributed by atoms with van der Waals surface area (Å²) >= 11 is 1.29. The van der Waals surface area contributed by atoms with Crippen molar-refractivity contribution in [3.05, 3.63) is 58.4 Å². The third kappa shape index (κ3) is 7.09. The predicted molar refractivity (Wildman–Crippen MR) is 135 cm³/mol. The largest absolute Gasteiger partial charge is 0.462 e. The summed E-state index contributed by atoms with van der Waals surface area (Å²) in [7, 11) is -3.46. The van der Waals surface area contributed by atoms with Crippen molar-refractivity contribution in [3.8, 4) is 0 Å². The van der Waals surface area contributed by atoms with Crippen molar-refractivity contribution >= 4 is 43.3 Å². The van der Waals surface area contributed by atoms with Gasteiger partial charge in [0.1, 0.15) is 0 Å². The average molecular weight is 519 g/mol. The summed E-state index contributed by atoms with van der Waals surface area (Å²) in [4.78, 5) is 29.7. The van der Waals surface area contributed by atoms with Gasteiger partial charge in [0.2, 0.25) is 5.91 Å². The summed E-state index contributed by atoms with van der Waals surface area (Å²) in [5.74, 6) is -0.934. The lowest BCUT2D eigenvalue weighted by Crippen LogP contribution is -2.20. The molecule has 1 amide bonds. The first kappa shape index (κ1) is 26.8. The van der Waals surface area contributed by atoms with Crippen LogP contribution < -0.4 is 4.80 Å². The van der Waals surface area contributed by atoms with Gasteiger partial charge in [0, 0.05) is 19.6 Å². The van der Waals surface area contributed by atoms with E-state index in [1.165, 1.54) is 11.3 Å². The molecule has 2 aromatic carbocycles. The maximum atomic E-state index is 12.6. The first-order valence-corrected chi connectivity index (χ1v) is 14.0. The lowest BCUT2D eigenvalue weighted by atomic mass is 10.2. The van der Waals surface area contributed by atoms with Gasteiger partial charge in [0.15, 0.2) is 14.6 Å². The van der Waals surface area contributed by atoms with Gasteiger partial charge in [-0.1, -0.05) is 29.0 Å². The minimum Gasteiger partial charge on any atom is -0.462 e. The van der Waals surface area contributed by atoms with E-state index in [0.717, 1.165) is 15.8 Å². The second-order valence-corrected chi connectivity index (χ2v) is 11.0. The van der Waals surface area contributed by atoms with E-state index in [1.807, 2.05) is 24.5 Å². The number of carbonyl (C=O) groups is 2. The molecule has 0 unspecified atom stereocenters. The van der Waals surface area contributed by atoms with Gasteiger partial charge in [-0.05, 0) is 57.5 Å². The van der Waals surface area contributed by atoms with Gasteiger partial charge >= 0.3 is 5.97 Å². The Morgan fingerprint density at radius 3 is 2.49 bits per heavy atom. The van der Waals surface area contributed by atoms with E-state index in [-0.39, 0.29) is 30.1 Å². The smallest absolute Gasteiger partial charge is 0.338 e. The Morgan fingerprint density at radius 1 is 1.06 bits per heavy atom. The summed E-state index contributed by atoms with van der Waals surface area (Å²) in [6, 6.07) is 11.9. The SMILES string of the molecule is CCOCCn1c(=NC(=O)CCCS(=O)(=O)c2ccc(C)cc2)sc2cc(C(=O)OCC)ccc21. The van der Waals surface area contributed by atoms with E-state index < -0.39 is 21.7 Å². The first-order valence-electron chi connectivity index (χ1n) is 11.5. The minimum absolute atomic E-state index is 0.0128. The van der Waals surface area contributed by atoms with Crippen LogP contribution in [0, 0.1) is 6.92 Å². The molecule has 0 aliphatic rings. The van der Waals surface area contributed by atoms with Crippen molar-refractivity contribution < 1.29 is 27.5 Å². The van der Waals surface area contributed by atoms with Crippen molar-refractivity contribution in [1.29, 1.82) is 0 Å². The number of benzene rings is 2. The zero-order chi connectivity index (χ0) is 25.4. The number of hydrogen-bond donors (Lipinski definition) is 0. The van der Waals surface area contributed by atoms with E-state index in [9.17, 15) is 18.0 Å². The van der Waals surface area contributed by atoms with Crippen LogP contribution in [0.4, 0.5) is 0 Å². The Kier molecular flexibility index (Phi) is 9.36. The number of aryl methyl sites for hydroxylation is 1. The normalized spacial score (nSPS) is 12.3. The third-order valence-electron chi connectivity index (χ3n) is 5.26. The van der Waals surface area contributed by atoms with Crippen LogP contribution in [0.1, 0.15) is 42.6 Å². The number of thiazole rings is 1. The highest BCUT2D eigenvalue weighted by atomic mass is 32.2. The van der Waals surface area contributed by atoms with Crippen LogP contribution in [0.5, 0.6) is 0 Å². The number of aromatic nitrogens is 1. The van der Waals surface area contributed by atoms with Crippen LogP contribution in [-0.2, 0) is 30.7 Å². The number of ether oxygens (including phenoxy) is 2. The average Bonchev–Trinajstić information content (AvgIpc) is 3.15. The second-order valence-electron chi connectivity index (χ2n) is 7.88. The van der Waals surface area contributed by atoms with Gasteiger partial charge in [-0.25, -0.2) is 13.2 Å². The van der Waals surface area contributed by atoms with Crippen molar-refractivity contribution in [2.24, 2.45) is 4.99 Å². The number of amides is 1. The van der Waals surface area contributed by atoms with Crippen LogP contribution in [0.15, 0.2) is 52.4 Å². The van der Waals surface area contributed by atoms with E-state index >= 15 is 0 Å². The number of hydrogen-bond acceptors (Lipinski definition) is 7. The van der Waals surface area contributed by atoms with Crippen molar-refractivity contribution in [2.75, 3.05) is 25.6 Å². The molecular weight excluding hydrogens is 488 g/mol. The molecule has 0 saturated heterocycles. The lowest BCUT2D eigenvalue weighted by molar-refractivity contribution is -0.118. The summed E-state index contributed by atoms with van der Waals surface area (Å²) in [6.45, 7) is 7.32. The number of carbonyl (C=O) groups excluding carboxylic acids is 2. The zero-order valence-corrected chi connectivity index (χ0v) is 21.8. The third-order valence-corrected chi connectivity index (χ3v) is 8.12. The molecule has 0 N–H and O–H groups in total. The summed E-state index contributed by atoms with van der Waals surface area (Å²) in [6.07, 6.45) is 0.189. The molecule has 1 aromatic heterocycles. The monoisotopic (exact) mass is 518 g/mol. The van der Waals surface area contributed by atoms with E-state index in [0.29, 0.717) is 30.1 Å². The number of fused-ring (bicyclic) bond motifs is 1. The van der Waals surface area contributed by atoms with Crippen LogP contribution >= 0.6 is 11.3 Å². The van der Waals surface area contributed by atoms with Crippen LogP contribution in [0.2, 0.25) is 0 Å². The fourth-order valence-electron chi connectivity index (χ4n) is 3.46. The highest BCUT2D eigenvalue weighted by Crippen LogP contribution is 2.20. The summed E-state index contributed by atoms with van der Waals surface area (Å²) in [5.41, 5.74) is 2.24. The molecule has 0 fully saturated rings. The summed E-state index contributed by atoms with van der Waals surface area (Å²) in [5, 5.41) is 0. The Balaban J connectivity index is 1.79. The molecule has 3 rings (SSSR count). The Morgan fingerprint density at radius 2 is 1.80 bits per heavy atom. The zero-order valence-electron chi connectivity index (χ0n) is 20.2. The van der Waals surface area contributed by atoms with Gasteiger partial charge in [-0.3, -0.25) is 4.79 Å². The van der Waals surface area contributed by atoms with Gasteiger partial charge in [-0.2, -0.15) is 4.99 Å². The molecule has 10 heteroatoms. The van der Waals surface area contributed by atoms with Crippen LogP contribution in [0.3, 0.4) is 0 Å².